The summed E-state index contributed by atoms with van der Waals surface area (Å²) in [6.07, 6.45) is 0. The zero-order chi connectivity index (χ0) is 22.6. The van der Waals surface area contributed by atoms with Gasteiger partial charge in [-0.3, -0.25) is 13.4 Å². The fourth-order valence-corrected chi connectivity index (χ4v) is 5.06. The second-order valence-corrected chi connectivity index (χ2v) is 11.3. The van der Waals surface area contributed by atoms with Crippen molar-refractivity contribution >= 4 is 42.8 Å². The molecule has 0 aliphatic rings. The van der Waals surface area contributed by atoms with Crippen molar-refractivity contribution in [2.24, 2.45) is 0 Å². The van der Waals surface area contributed by atoms with Crippen LogP contribution in [0.15, 0.2) is 70.5 Å². The largest absolute Gasteiger partial charge is 0.297 e. The normalized spacial score (nSPS) is 12.1. The summed E-state index contributed by atoms with van der Waals surface area (Å²) in [5.74, 6) is 0. The van der Waals surface area contributed by atoms with Crippen molar-refractivity contribution in [1.82, 2.24) is 4.98 Å². The third-order valence-electron chi connectivity index (χ3n) is 4.24. The van der Waals surface area contributed by atoms with Crippen LogP contribution in [0.25, 0.3) is 0 Å². The monoisotopic (exact) mass is 573 g/mol. The van der Waals surface area contributed by atoms with Crippen LogP contribution in [0.2, 0.25) is 0 Å². The number of benzene rings is 2. The van der Waals surface area contributed by atoms with E-state index in [9.17, 15) is 16.8 Å². The summed E-state index contributed by atoms with van der Waals surface area (Å²) in [7, 11) is -7.89. The number of pyridine rings is 1. The molecule has 0 unspecified atom stereocenters. The Balaban J connectivity index is 1.70. The molecule has 10 heteroatoms. The van der Waals surface area contributed by atoms with E-state index < -0.39 is 20.2 Å². The zero-order valence-corrected chi connectivity index (χ0v) is 20.6. The Labute approximate surface area is 195 Å². The third kappa shape index (κ3) is 6.56. The lowest BCUT2D eigenvalue weighted by molar-refractivity contribution is 0.294. The molecule has 1 heterocycles. The predicted molar refractivity (Wildman–Crippen MR) is 123 cm³/mol. The first-order valence-electron chi connectivity index (χ1n) is 9.13. The van der Waals surface area contributed by atoms with E-state index in [0.717, 1.165) is 14.7 Å². The van der Waals surface area contributed by atoms with E-state index in [1.165, 1.54) is 24.3 Å². The number of aromatic nitrogens is 1. The second-order valence-electron chi connectivity index (χ2n) is 6.83. The second kappa shape index (κ2) is 9.74. The van der Waals surface area contributed by atoms with Crippen LogP contribution >= 0.6 is 22.6 Å². The standard InChI is InChI=1S/C21H20INO6S2/c1-15-3-7-20(8-4-15)30(24,25)28-13-18-11-17(22)12-19(23-18)14-29-31(26,27)21-9-5-16(2)6-10-21/h3-12H,13-14H2,1-2H3. The molecule has 0 aliphatic carbocycles. The number of hydrogen-bond acceptors (Lipinski definition) is 7. The summed E-state index contributed by atoms with van der Waals surface area (Å²) in [6.45, 7) is 3.14. The van der Waals surface area contributed by atoms with Crippen molar-refractivity contribution in [3.63, 3.8) is 0 Å². The molecule has 164 valence electrons. The van der Waals surface area contributed by atoms with Crippen LogP contribution in [0.1, 0.15) is 22.5 Å². The maximum Gasteiger partial charge on any atom is 0.297 e. The predicted octanol–water partition coefficient (Wildman–Crippen LogP) is 4.11. The minimum absolute atomic E-state index is 0.0523. The van der Waals surface area contributed by atoms with E-state index in [4.69, 9.17) is 8.37 Å². The molecule has 0 amide bonds. The first kappa shape index (κ1) is 23.8. The highest BCUT2D eigenvalue weighted by atomic mass is 127. The van der Waals surface area contributed by atoms with Crippen LogP contribution in [0.5, 0.6) is 0 Å². The van der Waals surface area contributed by atoms with Gasteiger partial charge in [-0.1, -0.05) is 35.4 Å². The Bertz CT molecular complexity index is 1170. The van der Waals surface area contributed by atoms with Gasteiger partial charge in [-0.05, 0) is 72.8 Å². The highest BCUT2D eigenvalue weighted by Gasteiger charge is 2.18. The van der Waals surface area contributed by atoms with Gasteiger partial charge in [-0.2, -0.15) is 16.8 Å². The molecule has 1 aromatic heterocycles. The summed E-state index contributed by atoms with van der Waals surface area (Å²) >= 11 is 2.03. The number of hydrogen-bond donors (Lipinski definition) is 0. The van der Waals surface area contributed by atoms with Gasteiger partial charge in [0.15, 0.2) is 0 Å². The van der Waals surface area contributed by atoms with Gasteiger partial charge in [0.05, 0.1) is 21.2 Å². The minimum Gasteiger partial charge on any atom is -0.260 e. The van der Waals surface area contributed by atoms with E-state index in [1.807, 2.05) is 36.4 Å². The van der Waals surface area contributed by atoms with Crippen molar-refractivity contribution in [3.8, 4) is 0 Å². The molecule has 0 radical (unpaired) electrons. The van der Waals surface area contributed by atoms with Gasteiger partial charge < -0.3 is 0 Å². The molecule has 0 spiro atoms. The lowest BCUT2D eigenvalue weighted by Gasteiger charge is -2.09. The molecule has 0 saturated carbocycles. The van der Waals surface area contributed by atoms with Crippen LogP contribution < -0.4 is 0 Å². The summed E-state index contributed by atoms with van der Waals surface area (Å²) in [5, 5.41) is 0. The Hall–Kier alpha value is -1.86. The van der Waals surface area contributed by atoms with Gasteiger partial charge in [-0.15, -0.1) is 0 Å². The molecule has 0 bridgehead atoms. The van der Waals surface area contributed by atoms with Crippen LogP contribution in [0.4, 0.5) is 0 Å². The average molecular weight is 573 g/mol. The van der Waals surface area contributed by atoms with Crippen LogP contribution in [0.3, 0.4) is 0 Å². The van der Waals surface area contributed by atoms with Crippen molar-refractivity contribution in [3.05, 3.63) is 86.7 Å². The first-order valence-corrected chi connectivity index (χ1v) is 13.0. The Morgan fingerprint density at radius 1 is 0.710 bits per heavy atom. The van der Waals surface area contributed by atoms with Crippen molar-refractivity contribution in [1.29, 1.82) is 0 Å². The van der Waals surface area contributed by atoms with E-state index in [0.29, 0.717) is 11.4 Å². The third-order valence-corrected chi connectivity index (χ3v) is 7.42. The lowest BCUT2D eigenvalue weighted by atomic mass is 10.2. The minimum atomic E-state index is -3.95. The van der Waals surface area contributed by atoms with Crippen LogP contribution in [-0.4, -0.2) is 21.8 Å². The lowest BCUT2D eigenvalue weighted by Crippen LogP contribution is -2.10. The van der Waals surface area contributed by atoms with Gasteiger partial charge in [0, 0.05) is 3.57 Å². The van der Waals surface area contributed by atoms with Crippen LogP contribution in [-0.2, 0) is 41.8 Å². The van der Waals surface area contributed by atoms with Crippen molar-refractivity contribution < 1.29 is 25.2 Å². The maximum absolute atomic E-state index is 12.4. The molecular weight excluding hydrogens is 553 g/mol. The highest BCUT2D eigenvalue weighted by Crippen LogP contribution is 2.18. The summed E-state index contributed by atoms with van der Waals surface area (Å²) in [5.41, 5.74) is 2.55. The SMILES string of the molecule is Cc1ccc(S(=O)(=O)OCc2cc(I)cc(COS(=O)(=O)c3ccc(C)cc3)n2)cc1. The van der Waals surface area contributed by atoms with Gasteiger partial charge in [0.1, 0.15) is 13.2 Å². The molecule has 31 heavy (non-hydrogen) atoms. The molecule has 2 aromatic carbocycles. The molecular formula is C21H20INO6S2. The van der Waals surface area contributed by atoms with E-state index in [2.05, 4.69) is 4.98 Å². The van der Waals surface area contributed by atoms with Gasteiger partial charge in [0.25, 0.3) is 20.2 Å². The molecule has 0 atom stereocenters. The number of nitrogens with zero attached hydrogens (tertiary/aromatic N) is 1. The number of halogens is 1. The molecule has 0 saturated heterocycles. The highest BCUT2D eigenvalue weighted by molar-refractivity contribution is 14.1. The quantitative estimate of drug-likeness (QED) is 0.296. The molecule has 0 N–H and O–H groups in total. The van der Waals surface area contributed by atoms with E-state index in [1.54, 1.807) is 36.4 Å². The number of aryl methyl sites for hydroxylation is 2. The fraction of sp³-hybridized carbons (Fsp3) is 0.190. The van der Waals surface area contributed by atoms with Gasteiger partial charge >= 0.3 is 0 Å². The molecule has 7 nitrogen and oxygen atoms in total. The molecule has 3 rings (SSSR count). The van der Waals surface area contributed by atoms with Gasteiger partial charge in [-0.25, -0.2) is 0 Å². The Kier molecular flexibility index (Phi) is 7.47. The van der Waals surface area contributed by atoms with Crippen molar-refractivity contribution in [2.45, 2.75) is 36.9 Å². The molecule has 0 aliphatic heterocycles. The van der Waals surface area contributed by atoms with Crippen LogP contribution in [0, 0.1) is 17.4 Å². The van der Waals surface area contributed by atoms with E-state index >= 15 is 0 Å². The summed E-state index contributed by atoms with van der Waals surface area (Å²) < 4.78 is 60.5. The summed E-state index contributed by atoms with van der Waals surface area (Å²) in [4.78, 5) is 4.38. The average Bonchev–Trinajstić information content (AvgIpc) is 2.71. The molecule has 3 aromatic rings. The Morgan fingerprint density at radius 2 is 1.06 bits per heavy atom. The smallest absolute Gasteiger partial charge is 0.260 e. The number of rotatable bonds is 8. The van der Waals surface area contributed by atoms with E-state index in [-0.39, 0.29) is 23.0 Å². The topological polar surface area (TPSA) is 99.6 Å². The summed E-state index contributed by atoms with van der Waals surface area (Å²) in [6, 6.07) is 15.9. The van der Waals surface area contributed by atoms with Gasteiger partial charge in [0.2, 0.25) is 0 Å². The fourth-order valence-electron chi connectivity index (χ4n) is 2.58. The Morgan fingerprint density at radius 3 is 1.42 bits per heavy atom. The maximum atomic E-state index is 12.4. The molecule has 0 fully saturated rings. The first-order chi connectivity index (χ1) is 14.5. The zero-order valence-electron chi connectivity index (χ0n) is 16.8. The van der Waals surface area contributed by atoms with Crippen molar-refractivity contribution in [2.75, 3.05) is 0 Å².